The van der Waals surface area contributed by atoms with Gasteiger partial charge in [0.25, 0.3) is 0 Å². The molecule has 0 aliphatic heterocycles. The van der Waals surface area contributed by atoms with Crippen LogP contribution in [-0.4, -0.2) is 27.9 Å². The molecule has 6 nitrogen and oxygen atoms in total. The summed E-state index contributed by atoms with van der Waals surface area (Å²) in [5.41, 5.74) is -0.353. The molecule has 0 aliphatic carbocycles. The van der Waals surface area contributed by atoms with Gasteiger partial charge in [0.2, 0.25) is 15.9 Å². The summed E-state index contributed by atoms with van der Waals surface area (Å²) >= 11 is 0. The minimum atomic E-state index is -3.86. The van der Waals surface area contributed by atoms with E-state index in [9.17, 15) is 17.6 Å². The fraction of sp³-hybridized carbons (Fsp3) is 0.273. The summed E-state index contributed by atoms with van der Waals surface area (Å²) in [7, 11) is -2.42. The first-order valence-corrected chi connectivity index (χ1v) is 6.79. The average molecular weight is 285 g/mol. The Morgan fingerprint density at radius 2 is 2.16 bits per heavy atom. The van der Waals surface area contributed by atoms with Gasteiger partial charge in [0.15, 0.2) is 0 Å². The lowest BCUT2D eigenvalue weighted by molar-refractivity contribution is -0.120. The zero-order chi connectivity index (χ0) is 14.5. The monoisotopic (exact) mass is 285 g/mol. The largest absolute Gasteiger partial charge is 0.359 e. The fourth-order valence-electron chi connectivity index (χ4n) is 1.26. The molecule has 2 N–H and O–H groups in total. The fourth-order valence-corrected chi connectivity index (χ4v) is 2.32. The molecule has 0 unspecified atom stereocenters. The van der Waals surface area contributed by atoms with Gasteiger partial charge in [-0.05, 0) is 18.2 Å². The Hall–Kier alpha value is -1.98. The summed E-state index contributed by atoms with van der Waals surface area (Å²) in [5.74, 6) is -1.09. The molecule has 0 saturated carbocycles. The first-order chi connectivity index (χ1) is 8.90. The zero-order valence-corrected chi connectivity index (χ0v) is 10.9. The maximum absolute atomic E-state index is 13.1. The van der Waals surface area contributed by atoms with Crippen LogP contribution in [0, 0.1) is 17.1 Å². The van der Waals surface area contributed by atoms with Gasteiger partial charge in [-0.3, -0.25) is 4.79 Å². The van der Waals surface area contributed by atoms with Crippen molar-refractivity contribution in [1.29, 1.82) is 5.26 Å². The van der Waals surface area contributed by atoms with E-state index < -0.39 is 15.8 Å². The van der Waals surface area contributed by atoms with Crippen molar-refractivity contribution in [1.82, 2.24) is 10.0 Å². The molecular weight excluding hydrogens is 273 g/mol. The minimum absolute atomic E-state index is 0.0119. The van der Waals surface area contributed by atoms with E-state index in [2.05, 4.69) is 10.0 Å². The van der Waals surface area contributed by atoms with Crippen molar-refractivity contribution in [2.45, 2.75) is 11.3 Å². The third-order valence-electron chi connectivity index (χ3n) is 2.29. The number of halogens is 1. The van der Waals surface area contributed by atoms with Crippen molar-refractivity contribution in [2.75, 3.05) is 13.6 Å². The molecule has 0 radical (unpaired) electrons. The van der Waals surface area contributed by atoms with Crippen LogP contribution in [0.1, 0.15) is 12.0 Å². The van der Waals surface area contributed by atoms with Crippen molar-refractivity contribution in [3.8, 4) is 6.07 Å². The molecule has 0 fully saturated rings. The molecule has 1 aromatic rings. The molecule has 8 heteroatoms. The highest BCUT2D eigenvalue weighted by molar-refractivity contribution is 7.89. The third-order valence-corrected chi connectivity index (χ3v) is 3.75. The van der Waals surface area contributed by atoms with Crippen LogP contribution in [0.4, 0.5) is 4.39 Å². The average Bonchev–Trinajstić information content (AvgIpc) is 2.38. The first-order valence-electron chi connectivity index (χ1n) is 5.30. The molecule has 0 saturated heterocycles. The maximum Gasteiger partial charge on any atom is 0.240 e. The van der Waals surface area contributed by atoms with E-state index in [-0.39, 0.29) is 29.3 Å². The predicted octanol–water partition coefficient (Wildman–Crippen LogP) is 0.112. The normalized spacial score (nSPS) is 10.8. The molecule has 1 rings (SSSR count). The van der Waals surface area contributed by atoms with E-state index in [1.807, 2.05) is 0 Å². The van der Waals surface area contributed by atoms with E-state index in [0.717, 1.165) is 18.2 Å². The summed E-state index contributed by atoms with van der Waals surface area (Å²) in [6.07, 6.45) is -0.0119. The topological polar surface area (TPSA) is 99.1 Å². The molecular formula is C11H12FN3O3S. The van der Waals surface area contributed by atoms with E-state index in [4.69, 9.17) is 5.26 Å². The van der Waals surface area contributed by atoms with E-state index in [1.165, 1.54) is 7.05 Å². The highest BCUT2D eigenvalue weighted by Crippen LogP contribution is 2.14. The Kier molecular flexibility index (Phi) is 4.97. The minimum Gasteiger partial charge on any atom is -0.359 e. The molecule has 0 aromatic heterocycles. The smallest absolute Gasteiger partial charge is 0.240 e. The summed E-state index contributed by atoms with van der Waals surface area (Å²) in [5, 5.41) is 11.0. The number of carbonyl (C=O) groups is 1. The second kappa shape index (κ2) is 6.26. The number of nitrogens with one attached hydrogen (secondary N) is 2. The van der Waals surface area contributed by atoms with Crippen LogP contribution in [0.25, 0.3) is 0 Å². The molecule has 19 heavy (non-hydrogen) atoms. The number of nitrogens with zero attached hydrogens (tertiary/aromatic N) is 1. The van der Waals surface area contributed by atoms with E-state index in [0.29, 0.717) is 0 Å². The molecule has 1 amide bonds. The Balaban J connectivity index is 2.84. The number of nitriles is 1. The van der Waals surface area contributed by atoms with E-state index >= 15 is 0 Å². The highest BCUT2D eigenvalue weighted by atomic mass is 32.2. The summed E-state index contributed by atoms with van der Waals surface area (Å²) in [6, 6.07) is 4.46. The highest BCUT2D eigenvalue weighted by Gasteiger charge is 2.16. The van der Waals surface area contributed by atoms with Crippen LogP contribution in [0.3, 0.4) is 0 Å². The van der Waals surface area contributed by atoms with Gasteiger partial charge >= 0.3 is 0 Å². The predicted molar refractivity (Wildman–Crippen MR) is 65.0 cm³/mol. The van der Waals surface area contributed by atoms with Crippen molar-refractivity contribution >= 4 is 15.9 Å². The zero-order valence-electron chi connectivity index (χ0n) is 10.1. The number of rotatable bonds is 5. The van der Waals surface area contributed by atoms with E-state index in [1.54, 1.807) is 6.07 Å². The Morgan fingerprint density at radius 3 is 2.74 bits per heavy atom. The number of carbonyl (C=O) groups excluding carboxylic acids is 1. The summed E-state index contributed by atoms with van der Waals surface area (Å²) in [6.45, 7) is -0.0821. The number of amides is 1. The van der Waals surface area contributed by atoms with Gasteiger partial charge in [-0.25, -0.2) is 17.5 Å². The van der Waals surface area contributed by atoms with Crippen LogP contribution in [-0.2, 0) is 14.8 Å². The molecule has 0 heterocycles. The van der Waals surface area contributed by atoms with Crippen LogP contribution in [0.2, 0.25) is 0 Å². The first kappa shape index (κ1) is 15.1. The van der Waals surface area contributed by atoms with Crippen LogP contribution in [0.5, 0.6) is 0 Å². The molecule has 102 valence electrons. The molecule has 0 bridgehead atoms. The van der Waals surface area contributed by atoms with Crippen molar-refractivity contribution in [3.63, 3.8) is 0 Å². The van der Waals surface area contributed by atoms with Crippen molar-refractivity contribution in [2.24, 2.45) is 0 Å². The molecule has 0 aliphatic rings. The Morgan fingerprint density at radius 1 is 1.47 bits per heavy atom. The number of hydrogen-bond acceptors (Lipinski definition) is 4. The van der Waals surface area contributed by atoms with Gasteiger partial charge < -0.3 is 5.32 Å². The molecule has 1 aromatic carbocycles. The quantitative estimate of drug-likeness (QED) is 0.802. The van der Waals surface area contributed by atoms with Gasteiger partial charge in [-0.1, -0.05) is 0 Å². The molecule has 0 atom stereocenters. The Labute approximate surface area is 110 Å². The van der Waals surface area contributed by atoms with Gasteiger partial charge in [0.05, 0.1) is 10.5 Å². The van der Waals surface area contributed by atoms with Gasteiger partial charge in [-0.2, -0.15) is 5.26 Å². The standard InChI is InChI=1S/C11H12FN3O3S/c1-14-11(16)4-5-15-19(17,18)9-2-3-10(12)8(6-9)7-13/h2-3,6,15H,4-5H2,1H3,(H,14,16). The van der Waals surface area contributed by atoms with Crippen LogP contribution >= 0.6 is 0 Å². The lowest BCUT2D eigenvalue weighted by atomic mass is 10.2. The summed E-state index contributed by atoms with van der Waals surface area (Å²) < 4.78 is 38.9. The summed E-state index contributed by atoms with van der Waals surface area (Å²) in [4.78, 5) is 10.7. The maximum atomic E-state index is 13.1. The lowest BCUT2D eigenvalue weighted by Crippen LogP contribution is -2.29. The number of benzene rings is 1. The van der Waals surface area contributed by atoms with Gasteiger partial charge in [0, 0.05) is 20.0 Å². The number of hydrogen-bond donors (Lipinski definition) is 2. The van der Waals surface area contributed by atoms with Crippen LogP contribution in [0.15, 0.2) is 23.1 Å². The van der Waals surface area contributed by atoms with Gasteiger partial charge in [-0.15, -0.1) is 0 Å². The van der Waals surface area contributed by atoms with Crippen LogP contribution < -0.4 is 10.0 Å². The second-order valence-electron chi connectivity index (χ2n) is 3.57. The van der Waals surface area contributed by atoms with Gasteiger partial charge in [0.1, 0.15) is 11.9 Å². The second-order valence-corrected chi connectivity index (χ2v) is 5.34. The lowest BCUT2D eigenvalue weighted by Gasteiger charge is -2.06. The molecule has 0 spiro atoms. The van der Waals surface area contributed by atoms with Crippen molar-refractivity contribution < 1.29 is 17.6 Å². The number of sulfonamides is 1. The van der Waals surface area contributed by atoms with Crippen molar-refractivity contribution in [3.05, 3.63) is 29.6 Å². The SMILES string of the molecule is CNC(=O)CCNS(=O)(=O)c1ccc(F)c(C#N)c1. The third kappa shape index (κ3) is 4.01. The Bertz CT molecular complexity index is 623.